The molecule has 0 saturated heterocycles. The standard InChI is InChI=1S/C28H24N.CHF3O3S/c1-2-19-29-27(23-14-7-4-8-15-23)20-26(21-11-5-3-6-12-21)25-18-17-22-13-9-10-16-24(22)28(25)29;2-1(3,4)8(5,6)7/h2-16,20H,1,17-19H2;(H,5,6,7)/q+1;/p-1. The molecule has 0 bridgehead atoms. The van der Waals surface area contributed by atoms with Crippen molar-refractivity contribution in [2.75, 3.05) is 0 Å². The van der Waals surface area contributed by atoms with Gasteiger partial charge in [0.05, 0.1) is 0 Å². The smallest absolute Gasteiger partial charge is 0.485 e. The van der Waals surface area contributed by atoms with E-state index in [9.17, 15) is 13.2 Å². The molecule has 1 heterocycles. The van der Waals surface area contributed by atoms with E-state index in [1.54, 1.807) is 0 Å². The molecule has 0 radical (unpaired) electrons. The van der Waals surface area contributed by atoms with Gasteiger partial charge in [0, 0.05) is 22.8 Å². The van der Waals surface area contributed by atoms with E-state index in [2.05, 4.69) is 102 Å². The number of aromatic nitrogens is 1. The van der Waals surface area contributed by atoms with Crippen molar-refractivity contribution in [3.8, 4) is 33.6 Å². The molecule has 4 nitrogen and oxygen atoms in total. The predicted octanol–water partition coefficient (Wildman–Crippen LogP) is 6.31. The molecular weight excluding hydrogens is 499 g/mol. The van der Waals surface area contributed by atoms with Crippen molar-refractivity contribution in [1.29, 1.82) is 0 Å². The lowest BCUT2D eigenvalue weighted by Crippen LogP contribution is -2.40. The van der Waals surface area contributed by atoms with Crippen LogP contribution in [-0.4, -0.2) is 18.5 Å². The highest BCUT2D eigenvalue weighted by molar-refractivity contribution is 7.86. The molecule has 1 aliphatic carbocycles. The third-order valence-corrected chi connectivity index (χ3v) is 6.69. The van der Waals surface area contributed by atoms with Gasteiger partial charge >= 0.3 is 5.51 Å². The van der Waals surface area contributed by atoms with Crippen LogP contribution < -0.4 is 4.57 Å². The van der Waals surface area contributed by atoms with Gasteiger partial charge in [-0.15, -0.1) is 0 Å². The summed E-state index contributed by atoms with van der Waals surface area (Å²) in [5.41, 5.74) is 5.01. The van der Waals surface area contributed by atoms with Crippen LogP contribution in [0, 0.1) is 0 Å². The Morgan fingerprint density at radius 1 is 0.838 bits per heavy atom. The molecule has 0 fully saturated rings. The van der Waals surface area contributed by atoms with Crippen LogP contribution in [-0.2, 0) is 29.5 Å². The summed E-state index contributed by atoms with van der Waals surface area (Å²) in [6.07, 6.45) is 4.15. The average Bonchev–Trinajstić information content (AvgIpc) is 2.89. The maximum absolute atomic E-state index is 10.7. The van der Waals surface area contributed by atoms with Gasteiger partial charge in [-0.1, -0.05) is 73.3 Å². The summed E-state index contributed by atoms with van der Waals surface area (Å²) >= 11 is 0. The molecule has 0 spiro atoms. The molecule has 1 aliphatic rings. The molecule has 37 heavy (non-hydrogen) atoms. The number of aryl methyl sites for hydroxylation is 1. The number of alkyl halides is 3. The zero-order valence-corrected chi connectivity index (χ0v) is 20.6. The monoisotopic (exact) mass is 523 g/mol. The van der Waals surface area contributed by atoms with Crippen molar-refractivity contribution in [2.24, 2.45) is 0 Å². The van der Waals surface area contributed by atoms with Crippen molar-refractivity contribution in [3.05, 3.63) is 115 Å². The average molecular weight is 524 g/mol. The van der Waals surface area contributed by atoms with Crippen LogP contribution >= 0.6 is 0 Å². The highest BCUT2D eigenvalue weighted by Gasteiger charge is 2.37. The van der Waals surface area contributed by atoms with Crippen molar-refractivity contribution < 1.29 is 30.7 Å². The fourth-order valence-corrected chi connectivity index (χ4v) is 4.54. The lowest BCUT2D eigenvalue weighted by atomic mass is 9.83. The number of fused-ring (bicyclic) bond motifs is 3. The van der Waals surface area contributed by atoms with E-state index in [4.69, 9.17) is 13.0 Å². The van der Waals surface area contributed by atoms with Crippen LogP contribution in [0.1, 0.15) is 11.1 Å². The third-order valence-electron chi connectivity index (χ3n) is 6.12. The minimum Gasteiger partial charge on any atom is -0.741 e. The van der Waals surface area contributed by atoms with E-state index in [0.717, 1.165) is 19.4 Å². The molecule has 0 aliphatic heterocycles. The van der Waals surface area contributed by atoms with Crippen LogP contribution in [0.15, 0.2) is 104 Å². The van der Waals surface area contributed by atoms with Crippen LogP contribution in [0.25, 0.3) is 33.6 Å². The number of nitrogens with zero attached hydrogens (tertiary/aromatic N) is 1. The fraction of sp³-hybridized carbons (Fsp3) is 0.138. The number of hydrogen-bond donors (Lipinski definition) is 0. The van der Waals surface area contributed by atoms with Gasteiger partial charge in [-0.3, -0.25) is 0 Å². The molecule has 0 N–H and O–H groups in total. The zero-order chi connectivity index (χ0) is 26.6. The van der Waals surface area contributed by atoms with Gasteiger partial charge in [0.2, 0.25) is 11.4 Å². The van der Waals surface area contributed by atoms with Gasteiger partial charge in [0.15, 0.2) is 16.7 Å². The van der Waals surface area contributed by atoms with Gasteiger partial charge in [-0.05, 0) is 53.8 Å². The quantitative estimate of drug-likeness (QED) is 0.136. The molecule has 3 aromatic carbocycles. The summed E-state index contributed by atoms with van der Waals surface area (Å²) in [5, 5.41) is 0. The summed E-state index contributed by atoms with van der Waals surface area (Å²) in [7, 11) is -6.09. The Bertz CT molecular complexity index is 1520. The SMILES string of the molecule is C=CC[n+]1c(-c2ccccc2)cc(-c2ccccc2)c2c1-c1ccccc1CC2.O=S(=O)([O-])C(F)(F)F. The van der Waals surface area contributed by atoms with Gasteiger partial charge in [0.1, 0.15) is 0 Å². The minimum absolute atomic E-state index is 0.788. The first-order valence-electron chi connectivity index (χ1n) is 11.5. The maximum Gasteiger partial charge on any atom is 0.485 e. The Hall–Kier alpha value is -3.75. The van der Waals surface area contributed by atoms with E-state index in [1.165, 1.54) is 44.8 Å². The second-order valence-electron chi connectivity index (χ2n) is 8.46. The summed E-state index contributed by atoms with van der Waals surface area (Å²) < 4.78 is 61.3. The van der Waals surface area contributed by atoms with Crippen molar-refractivity contribution in [3.63, 3.8) is 0 Å². The molecule has 4 aromatic rings. The van der Waals surface area contributed by atoms with E-state index in [-0.39, 0.29) is 0 Å². The summed E-state index contributed by atoms with van der Waals surface area (Å²) in [5.74, 6) is 0. The zero-order valence-electron chi connectivity index (χ0n) is 19.8. The fourth-order valence-electron chi connectivity index (χ4n) is 4.54. The van der Waals surface area contributed by atoms with Crippen LogP contribution in [0.2, 0.25) is 0 Å². The first kappa shape index (κ1) is 26.3. The van der Waals surface area contributed by atoms with Gasteiger partial charge in [-0.25, -0.2) is 8.42 Å². The third kappa shape index (κ3) is 5.65. The van der Waals surface area contributed by atoms with Gasteiger partial charge in [-0.2, -0.15) is 17.7 Å². The Kier molecular flexibility index (Phi) is 7.61. The molecule has 0 amide bonds. The number of allylic oxidation sites excluding steroid dienone is 1. The molecule has 1 aromatic heterocycles. The second-order valence-corrected chi connectivity index (χ2v) is 9.83. The number of hydrogen-bond acceptors (Lipinski definition) is 3. The molecule has 0 saturated carbocycles. The lowest BCUT2D eigenvalue weighted by molar-refractivity contribution is -0.665. The van der Waals surface area contributed by atoms with Crippen LogP contribution in [0.3, 0.4) is 0 Å². The molecule has 0 unspecified atom stereocenters. The van der Waals surface area contributed by atoms with E-state index in [0.29, 0.717) is 0 Å². The number of pyridine rings is 1. The van der Waals surface area contributed by atoms with Crippen molar-refractivity contribution in [1.82, 2.24) is 0 Å². The first-order valence-corrected chi connectivity index (χ1v) is 12.9. The van der Waals surface area contributed by atoms with Crippen LogP contribution in [0.5, 0.6) is 0 Å². The summed E-state index contributed by atoms with van der Waals surface area (Å²) in [4.78, 5) is 0. The highest BCUT2D eigenvalue weighted by atomic mass is 32.2. The molecule has 5 rings (SSSR count). The topological polar surface area (TPSA) is 61.1 Å². The first-order chi connectivity index (χ1) is 17.6. The van der Waals surface area contributed by atoms with Gasteiger partial charge < -0.3 is 4.55 Å². The Balaban J connectivity index is 0.000000349. The highest BCUT2D eigenvalue weighted by Crippen LogP contribution is 2.39. The molecule has 190 valence electrons. The Labute approximate surface area is 214 Å². The number of benzene rings is 3. The van der Waals surface area contributed by atoms with Crippen molar-refractivity contribution >= 4 is 10.1 Å². The Morgan fingerprint density at radius 3 is 1.95 bits per heavy atom. The Morgan fingerprint density at radius 2 is 1.38 bits per heavy atom. The number of rotatable bonds is 4. The molecule has 8 heteroatoms. The minimum atomic E-state index is -6.09. The van der Waals surface area contributed by atoms with Gasteiger partial charge in [0.25, 0.3) is 0 Å². The van der Waals surface area contributed by atoms with Crippen LogP contribution in [0.4, 0.5) is 13.2 Å². The summed E-state index contributed by atoms with van der Waals surface area (Å²) in [6, 6.07) is 32.7. The molecular formula is C29H24F3NO3S. The molecule has 0 atom stereocenters. The maximum atomic E-state index is 10.7. The lowest BCUT2D eigenvalue weighted by Gasteiger charge is -2.22. The van der Waals surface area contributed by atoms with Crippen molar-refractivity contribution in [2.45, 2.75) is 24.9 Å². The van der Waals surface area contributed by atoms with E-state index < -0.39 is 15.6 Å². The van der Waals surface area contributed by atoms with E-state index >= 15 is 0 Å². The normalized spacial score (nSPS) is 12.5. The van der Waals surface area contributed by atoms with E-state index in [1.807, 2.05) is 6.08 Å². The number of halogens is 3. The summed E-state index contributed by atoms with van der Waals surface area (Å²) in [6.45, 7) is 4.84. The largest absolute Gasteiger partial charge is 0.741 e. The second kappa shape index (κ2) is 10.7. The predicted molar refractivity (Wildman–Crippen MR) is 136 cm³/mol.